The van der Waals surface area contributed by atoms with Gasteiger partial charge in [0.2, 0.25) is 11.8 Å². The van der Waals surface area contributed by atoms with E-state index in [1.807, 2.05) is 6.07 Å². The summed E-state index contributed by atoms with van der Waals surface area (Å²) in [5, 5.41) is 8.54. The minimum Gasteiger partial charge on any atom is -0.438 e. The van der Waals surface area contributed by atoms with E-state index in [4.69, 9.17) is 9.41 Å². The Labute approximate surface area is 340 Å². The molecule has 0 amide bonds. The number of hydrogen-bond donors (Lipinski definition) is 0. The molecule has 0 saturated carbocycles. The van der Waals surface area contributed by atoms with Gasteiger partial charge in [0.25, 0.3) is 0 Å². The number of nitrogens with zero attached hydrogens (tertiary/aromatic N) is 4. The lowest BCUT2D eigenvalue weighted by molar-refractivity contribution is 0.326. The van der Waals surface area contributed by atoms with Crippen LogP contribution in [0.5, 0.6) is 0 Å². The number of aliphatic imine (C=N–C) groups is 1. The third-order valence-corrected chi connectivity index (χ3v) is 13.4. The first-order chi connectivity index (χ1) is 29.1. The normalized spacial score (nSPS) is 16.1. The van der Waals surface area contributed by atoms with Crippen LogP contribution in [-0.2, 0) is 0 Å². The summed E-state index contributed by atoms with van der Waals surface area (Å²) in [6, 6.07) is 59.9. The fourth-order valence-electron chi connectivity index (χ4n) is 10.9. The Bertz CT molecular complexity index is 3580. The second-order valence-corrected chi connectivity index (χ2v) is 16.3. The van der Waals surface area contributed by atoms with Crippen molar-refractivity contribution in [2.24, 2.45) is 4.99 Å². The van der Waals surface area contributed by atoms with Crippen molar-refractivity contribution in [1.29, 1.82) is 0 Å². The van der Waals surface area contributed by atoms with E-state index in [1.54, 1.807) is 0 Å². The minimum atomic E-state index is -0.305. The number of aromatic nitrogens is 2. The highest BCUT2D eigenvalue weighted by Crippen LogP contribution is 2.53. The molecule has 59 heavy (non-hydrogen) atoms. The van der Waals surface area contributed by atoms with Gasteiger partial charge >= 0.3 is 0 Å². The quantitative estimate of drug-likeness (QED) is 0.167. The molecule has 4 heterocycles. The number of para-hydroxylation sites is 4. The van der Waals surface area contributed by atoms with E-state index >= 15 is 0 Å². The average molecular weight is 759 g/mol. The average Bonchev–Trinajstić information content (AvgIpc) is 3.93. The third kappa shape index (κ3) is 4.26. The molecule has 0 saturated heterocycles. The van der Waals surface area contributed by atoms with Crippen LogP contribution in [0.15, 0.2) is 173 Å². The van der Waals surface area contributed by atoms with E-state index in [0.29, 0.717) is 5.88 Å². The molecule has 1 unspecified atom stereocenters. The Morgan fingerprint density at radius 3 is 1.95 bits per heavy atom. The first-order valence-electron chi connectivity index (χ1n) is 20.6. The van der Waals surface area contributed by atoms with E-state index in [1.165, 1.54) is 82.3 Å². The summed E-state index contributed by atoms with van der Waals surface area (Å²) in [5.41, 5.74) is 15.7. The van der Waals surface area contributed by atoms with E-state index < -0.39 is 0 Å². The zero-order valence-corrected chi connectivity index (χ0v) is 32.9. The molecule has 1 aliphatic carbocycles. The van der Waals surface area contributed by atoms with E-state index in [2.05, 4.69) is 193 Å². The highest BCUT2D eigenvalue weighted by Gasteiger charge is 2.38. The van der Waals surface area contributed by atoms with Gasteiger partial charge in [-0.1, -0.05) is 140 Å². The lowest BCUT2D eigenvalue weighted by Gasteiger charge is -2.36. The number of rotatable bonds is 1. The van der Waals surface area contributed by atoms with E-state index in [-0.39, 0.29) is 12.1 Å². The van der Waals surface area contributed by atoms with Crippen molar-refractivity contribution >= 4 is 77.2 Å². The van der Waals surface area contributed by atoms with Crippen molar-refractivity contribution in [1.82, 2.24) is 14.0 Å². The summed E-state index contributed by atoms with van der Waals surface area (Å²) in [6.07, 6.45) is -0.305. The smallest absolute Gasteiger partial charge is 0.230 e. The SMILES string of the molecule is Cc1c2cc3c(c1-c1ccc4ccccc4c1[C@@H](C)c1ccccc1-2)c1ccccc1n3C1c2c(oc3ccccc23)N=C(n2c3ccccc3c3ccccc32)N1C. The molecule has 280 valence electrons. The van der Waals surface area contributed by atoms with Crippen LogP contribution >= 0.6 is 0 Å². The third-order valence-electron chi connectivity index (χ3n) is 13.4. The summed E-state index contributed by atoms with van der Waals surface area (Å²) in [4.78, 5) is 7.83. The lowest BCUT2D eigenvalue weighted by atomic mass is 9.75. The first-order valence-corrected chi connectivity index (χ1v) is 20.6. The Kier molecular flexibility index (Phi) is 6.56. The molecular weight excluding hydrogens is 721 g/mol. The van der Waals surface area contributed by atoms with Gasteiger partial charge in [0.05, 0.1) is 27.6 Å². The van der Waals surface area contributed by atoms with Gasteiger partial charge in [0, 0.05) is 39.9 Å². The molecule has 0 fully saturated rings. The predicted molar refractivity (Wildman–Crippen MR) is 244 cm³/mol. The second-order valence-electron chi connectivity index (χ2n) is 16.3. The molecule has 8 aromatic carbocycles. The van der Waals surface area contributed by atoms with Crippen molar-refractivity contribution < 1.29 is 4.42 Å². The first kappa shape index (κ1) is 32.7. The maximum atomic E-state index is 6.78. The van der Waals surface area contributed by atoms with Gasteiger partial charge in [0.1, 0.15) is 11.7 Å². The molecule has 1 aliphatic heterocycles. The lowest BCUT2D eigenvalue weighted by Crippen LogP contribution is -2.41. The Hall–Kier alpha value is -7.37. The molecule has 11 aromatic rings. The van der Waals surface area contributed by atoms with Crippen LogP contribution in [0.2, 0.25) is 0 Å². The molecular formula is C54H38N4O. The Balaban J connectivity index is 1.19. The van der Waals surface area contributed by atoms with Crippen LogP contribution in [-0.4, -0.2) is 27.0 Å². The number of furan rings is 1. The molecule has 3 aromatic heterocycles. The second kappa shape index (κ2) is 11.8. The van der Waals surface area contributed by atoms with Crippen LogP contribution in [0.4, 0.5) is 5.88 Å². The largest absolute Gasteiger partial charge is 0.438 e. The minimum absolute atomic E-state index is 0.183. The molecule has 5 nitrogen and oxygen atoms in total. The van der Waals surface area contributed by atoms with Gasteiger partial charge < -0.3 is 13.9 Å². The van der Waals surface area contributed by atoms with E-state index in [0.717, 1.165) is 33.5 Å². The standard InChI is InChI=1S/C54H38N4O/c1-31-34-17-6-7-19-36(34)42-30-46-50(49(32(42)2)41-29-28-33-16-4-5-18-35(33)48(31)41)39-22-10-14-26-45(39)57(46)53-51-40-23-11-15-27-47(40)59-52(51)55-54(56(53)3)58-43-24-12-8-20-37(43)38-21-9-13-25-44(38)58/h4-31,53H,1-3H3/t31-,53?/m0/s1. The van der Waals surface area contributed by atoms with Gasteiger partial charge in [-0.05, 0) is 87.0 Å². The monoisotopic (exact) mass is 758 g/mol. The molecule has 13 rings (SSSR count). The molecule has 2 aliphatic rings. The number of benzene rings is 8. The Morgan fingerprint density at radius 1 is 0.542 bits per heavy atom. The fraction of sp³-hybridized carbons (Fsp3) is 0.0926. The van der Waals surface area contributed by atoms with Crippen molar-refractivity contribution in [2.75, 3.05) is 7.05 Å². The summed E-state index contributed by atoms with van der Waals surface area (Å²) in [7, 11) is 2.20. The van der Waals surface area contributed by atoms with Crippen LogP contribution in [0.1, 0.15) is 41.3 Å². The highest BCUT2D eigenvalue weighted by molar-refractivity contribution is 6.19. The van der Waals surface area contributed by atoms with Crippen LogP contribution in [0, 0.1) is 6.92 Å². The highest BCUT2D eigenvalue weighted by atomic mass is 16.3. The molecule has 0 radical (unpaired) electrons. The summed E-state index contributed by atoms with van der Waals surface area (Å²) >= 11 is 0. The van der Waals surface area contributed by atoms with Crippen molar-refractivity contribution in [3.05, 3.63) is 186 Å². The van der Waals surface area contributed by atoms with Crippen LogP contribution in [0.3, 0.4) is 0 Å². The van der Waals surface area contributed by atoms with Gasteiger partial charge in [-0.3, -0.25) is 4.57 Å². The predicted octanol–water partition coefficient (Wildman–Crippen LogP) is 13.9. The molecule has 0 spiro atoms. The van der Waals surface area contributed by atoms with Crippen molar-refractivity contribution in [3.8, 4) is 22.3 Å². The van der Waals surface area contributed by atoms with Gasteiger partial charge in [0.15, 0.2) is 0 Å². The van der Waals surface area contributed by atoms with Gasteiger partial charge in [-0.25, -0.2) is 0 Å². The van der Waals surface area contributed by atoms with Gasteiger partial charge in [-0.15, -0.1) is 0 Å². The zero-order valence-electron chi connectivity index (χ0n) is 32.9. The molecule has 0 N–H and O–H groups in total. The summed E-state index contributed by atoms with van der Waals surface area (Å²) < 4.78 is 11.7. The van der Waals surface area contributed by atoms with Crippen molar-refractivity contribution in [3.63, 3.8) is 0 Å². The van der Waals surface area contributed by atoms with E-state index in [9.17, 15) is 0 Å². The number of fused-ring (bicyclic) bond motifs is 18. The summed E-state index contributed by atoms with van der Waals surface area (Å²) in [5.74, 6) is 1.64. The topological polar surface area (TPSA) is 38.6 Å². The molecule has 2 atom stereocenters. The maximum Gasteiger partial charge on any atom is 0.230 e. The zero-order chi connectivity index (χ0) is 39.1. The van der Waals surface area contributed by atoms with Crippen LogP contribution in [0.25, 0.3) is 87.6 Å². The molecule has 5 heteroatoms. The number of hydrogen-bond acceptors (Lipinski definition) is 3. The van der Waals surface area contributed by atoms with Crippen molar-refractivity contribution in [2.45, 2.75) is 25.9 Å². The fourth-order valence-corrected chi connectivity index (χ4v) is 10.9. The maximum absolute atomic E-state index is 6.78. The van der Waals surface area contributed by atoms with Gasteiger partial charge in [-0.2, -0.15) is 4.99 Å². The van der Waals surface area contributed by atoms with Crippen LogP contribution < -0.4 is 0 Å². The molecule has 2 bridgehead atoms. The summed E-state index contributed by atoms with van der Waals surface area (Å²) in [6.45, 7) is 4.73. The Morgan fingerprint density at radius 2 is 1.17 bits per heavy atom.